The van der Waals surface area contributed by atoms with Crippen molar-refractivity contribution in [3.05, 3.63) is 29.8 Å². The van der Waals surface area contributed by atoms with E-state index in [1.165, 1.54) is 6.07 Å². The standard InChI is InChI=1S/C10H15NO4S2/c1-9-5-3-4-6-10(9)17(14,15)11-7-8-16(2,12)13/h3-6,11H,7-8H2,1-2H3. The Morgan fingerprint density at radius 2 is 1.71 bits per heavy atom. The molecule has 0 saturated carbocycles. The monoisotopic (exact) mass is 277 g/mol. The molecule has 0 atom stereocenters. The van der Waals surface area contributed by atoms with Crippen molar-refractivity contribution < 1.29 is 16.8 Å². The van der Waals surface area contributed by atoms with Crippen LogP contribution < -0.4 is 4.72 Å². The molecule has 1 aromatic rings. The first-order valence-electron chi connectivity index (χ1n) is 4.95. The fraction of sp³-hybridized carbons (Fsp3) is 0.400. The van der Waals surface area contributed by atoms with Crippen LogP contribution in [0.3, 0.4) is 0 Å². The zero-order valence-corrected chi connectivity index (χ0v) is 11.3. The highest BCUT2D eigenvalue weighted by Crippen LogP contribution is 2.13. The summed E-state index contributed by atoms with van der Waals surface area (Å²) >= 11 is 0. The SMILES string of the molecule is Cc1ccccc1S(=O)(=O)NCCS(C)(=O)=O. The number of rotatable bonds is 5. The number of nitrogens with one attached hydrogen (secondary N) is 1. The summed E-state index contributed by atoms with van der Waals surface area (Å²) in [6, 6.07) is 6.53. The van der Waals surface area contributed by atoms with E-state index in [-0.39, 0.29) is 17.2 Å². The molecule has 0 fully saturated rings. The van der Waals surface area contributed by atoms with Crippen LogP contribution in [-0.2, 0) is 19.9 Å². The minimum atomic E-state index is -3.63. The zero-order valence-electron chi connectivity index (χ0n) is 9.67. The number of hydrogen-bond acceptors (Lipinski definition) is 4. The number of sulfonamides is 1. The normalized spacial score (nSPS) is 12.6. The maximum absolute atomic E-state index is 11.8. The van der Waals surface area contributed by atoms with Crippen molar-refractivity contribution in [2.24, 2.45) is 0 Å². The van der Waals surface area contributed by atoms with Gasteiger partial charge in [0.2, 0.25) is 10.0 Å². The topological polar surface area (TPSA) is 80.3 Å². The summed E-state index contributed by atoms with van der Waals surface area (Å²) in [4.78, 5) is 0.175. The van der Waals surface area contributed by atoms with E-state index in [9.17, 15) is 16.8 Å². The third kappa shape index (κ3) is 4.45. The van der Waals surface area contributed by atoms with Gasteiger partial charge in [-0.05, 0) is 18.6 Å². The van der Waals surface area contributed by atoms with Gasteiger partial charge in [-0.3, -0.25) is 0 Å². The lowest BCUT2D eigenvalue weighted by Crippen LogP contribution is -2.29. The molecule has 0 aliphatic carbocycles. The Labute approximate surface area is 102 Å². The molecule has 0 unspecified atom stereocenters. The van der Waals surface area contributed by atoms with Gasteiger partial charge in [0.1, 0.15) is 9.84 Å². The second-order valence-electron chi connectivity index (χ2n) is 3.79. The quantitative estimate of drug-likeness (QED) is 0.840. The van der Waals surface area contributed by atoms with Crippen molar-refractivity contribution in [1.29, 1.82) is 0 Å². The van der Waals surface area contributed by atoms with E-state index in [4.69, 9.17) is 0 Å². The predicted octanol–water partition coefficient (Wildman–Crippen LogP) is 0.318. The van der Waals surface area contributed by atoms with Gasteiger partial charge >= 0.3 is 0 Å². The van der Waals surface area contributed by atoms with Crippen LogP contribution in [0.25, 0.3) is 0 Å². The first kappa shape index (κ1) is 14.1. The lowest BCUT2D eigenvalue weighted by Gasteiger charge is -2.08. The highest BCUT2D eigenvalue weighted by molar-refractivity contribution is 7.91. The smallest absolute Gasteiger partial charge is 0.229 e. The van der Waals surface area contributed by atoms with E-state index < -0.39 is 19.9 Å². The summed E-state index contributed by atoms with van der Waals surface area (Å²) < 4.78 is 47.7. The highest BCUT2D eigenvalue weighted by Gasteiger charge is 2.16. The van der Waals surface area contributed by atoms with Gasteiger partial charge in [0.05, 0.1) is 10.6 Å². The Hall–Kier alpha value is -0.920. The second kappa shape index (κ2) is 5.16. The van der Waals surface area contributed by atoms with E-state index in [2.05, 4.69) is 4.72 Å². The van der Waals surface area contributed by atoms with Crippen molar-refractivity contribution in [3.63, 3.8) is 0 Å². The zero-order chi connectivity index (χ0) is 13.1. The van der Waals surface area contributed by atoms with Gasteiger partial charge in [-0.25, -0.2) is 21.6 Å². The minimum absolute atomic E-state index is 0.116. The van der Waals surface area contributed by atoms with E-state index in [0.29, 0.717) is 5.56 Å². The molecule has 0 spiro atoms. The maximum atomic E-state index is 11.8. The fourth-order valence-corrected chi connectivity index (χ4v) is 3.18. The van der Waals surface area contributed by atoms with Crippen LogP contribution in [0.5, 0.6) is 0 Å². The fourth-order valence-electron chi connectivity index (χ4n) is 1.30. The molecule has 0 saturated heterocycles. The van der Waals surface area contributed by atoms with E-state index in [1.54, 1.807) is 25.1 Å². The summed E-state index contributed by atoms with van der Waals surface area (Å²) in [5.74, 6) is -0.210. The molecule has 1 aromatic carbocycles. The molecule has 7 heteroatoms. The molecule has 0 amide bonds. The average molecular weight is 277 g/mol. The summed E-state index contributed by atoms with van der Waals surface area (Å²) in [5.41, 5.74) is 0.624. The molecule has 0 aliphatic heterocycles. The molecule has 0 heterocycles. The molecule has 5 nitrogen and oxygen atoms in total. The van der Waals surface area contributed by atoms with E-state index >= 15 is 0 Å². The third-order valence-electron chi connectivity index (χ3n) is 2.15. The van der Waals surface area contributed by atoms with Crippen LogP contribution in [-0.4, -0.2) is 35.4 Å². The lowest BCUT2D eigenvalue weighted by atomic mass is 10.2. The third-order valence-corrected chi connectivity index (χ3v) is 4.72. The van der Waals surface area contributed by atoms with E-state index in [0.717, 1.165) is 6.26 Å². The molecule has 0 aliphatic rings. The van der Waals surface area contributed by atoms with Gasteiger partial charge in [0.25, 0.3) is 0 Å². The Morgan fingerprint density at radius 3 is 2.24 bits per heavy atom. The Balaban J connectivity index is 2.81. The number of benzene rings is 1. The van der Waals surface area contributed by atoms with Crippen LogP contribution in [0.4, 0.5) is 0 Å². The lowest BCUT2D eigenvalue weighted by molar-refractivity contribution is 0.581. The second-order valence-corrected chi connectivity index (χ2v) is 7.79. The Bertz CT molecular complexity index is 590. The summed E-state index contributed by atoms with van der Waals surface area (Å²) in [5, 5.41) is 0. The first-order valence-corrected chi connectivity index (χ1v) is 8.50. The summed E-state index contributed by atoms with van der Waals surface area (Å²) in [6.45, 7) is 1.57. The largest absolute Gasteiger partial charge is 0.240 e. The first-order chi connectivity index (χ1) is 7.72. The molecule has 0 aromatic heterocycles. The predicted molar refractivity (Wildman–Crippen MR) is 66.1 cm³/mol. The van der Waals surface area contributed by atoms with Gasteiger partial charge in [-0.2, -0.15) is 0 Å². The molecular formula is C10H15NO4S2. The van der Waals surface area contributed by atoms with Crippen LogP contribution >= 0.6 is 0 Å². The van der Waals surface area contributed by atoms with Crippen LogP contribution in [0.15, 0.2) is 29.2 Å². The van der Waals surface area contributed by atoms with Crippen molar-refractivity contribution in [1.82, 2.24) is 4.72 Å². The molecule has 17 heavy (non-hydrogen) atoms. The number of hydrogen-bond donors (Lipinski definition) is 1. The molecule has 96 valence electrons. The van der Waals surface area contributed by atoms with Crippen molar-refractivity contribution >= 4 is 19.9 Å². The minimum Gasteiger partial charge on any atom is -0.229 e. The van der Waals surface area contributed by atoms with Crippen molar-refractivity contribution in [3.8, 4) is 0 Å². The van der Waals surface area contributed by atoms with Gasteiger partial charge in [-0.1, -0.05) is 18.2 Å². The van der Waals surface area contributed by atoms with Gasteiger partial charge < -0.3 is 0 Å². The van der Waals surface area contributed by atoms with Crippen molar-refractivity contribution in [2.75, 3.05) is 18.6 Å². The summed E-state index contributed by atoms with van der Waals surface area (Å²) in [7, 11) is -6.79. The molecule has 1 rings (SSSR count). The van der Waals surface area contributed by atoms with Gasteiger partial charge in [-0.15, -0.1) is 0 Å². The van der Waals surface area contributed by atoms with Crippen LogP contribution in [0.1, 0.15) is 5.56 Å². The molecule has 0 bridgehead atoms. The van der Waals surface area contributed by atoms with Crippen molar-refractivity contribution in [2.45, 2.75) is 11.8 Å². The van der Waals surface area contributed by atoms with Gasteiger partial charge in [0, 0.05) is 12.8 Å². The summed E-state index contributed by atoms with van der Waals surface area (Å²) in [6.07, 6.45) is 1.06. The number of aryl methyl sites for hydroxylation is 1. The Kier molecular flexibility index (Phi) is 4.29. The molecule has 1 N–H and O–H groups in total. The maximum Gasteiger partial charge on any atom is 0.240 e. The van der Waals surface area contributed by atoms with Crippen LogP contribution in [0.2, 0.25) is 0 Å². The molecule has 0 radical (unpaired) electrons. The van der Waals surface area contributed by atoms with Crippen LogP contribution in [0, 0.1) is 6.92 Å². The van der Waals surface area contributed by atoms with E-state index in [1.807, 2.05) is 0 Å². The average Bonchev–Trinajstić information content (AvgIpc) is 2.15. The number of sulfone groups is 1. The molecular weight excluding hydrogens is 262 g/mol. The highest BCUT2D eigenvalue weighted by atomic mass is 32.2. The Morgan fingerprint density at radius 1 is 1.12 bits per heavy atom. The van der Waals surface area contributed by atoms with Gasteiger partial charge in [0.15, 0.2) is 0 Å².